The number of carboxylic acid groups (broad SMARTS) is 1. The minimum absolute atomic E-state index is 0.0921. The first-order chi connectivity index (χ1) is 6.56. The number of carbonyl (C=O) groups is 3. The lowest BCUT2D eigenvalue weighted by atomic mass is 10.3. The third kappa shape index (κ3) is 2.08. The first-order valence-electron chi connectivity index (χ1n) is 4.31. The van der Waals surface area contributed by atoms with Crippen molar-refractivity contribution in [2.75, 3.05) is 0 Å². The molecule has 2 amide bonds. The first kappa shape index (κ1) is 10.6. The molecule has 1 heterocycles. The van der Waals surface area contributed by atoms with E-state index in [9.17, 15) is 14.4 Å². The maximum absolute atomic E-state index is 11.0. The molecule has 0 aromatic carbocycles. The molecule has 78 valence electrons. The molecule has 0 aromatic heterocycles. The predicted octanol–water partition coefficient (Wildman–Crippen LogP) is -0.0698. The maximum atomic E-state index is 11.0. The summed E-state index contributed by atoms with van der Waals surface area (Å²) in [6.45, 7) is 1.60. The Balaban J connectivity index is 2.61. The normalized spacial score (nSPS) is 18.8. The van der Waals surface area contributed by atoms with E-state index in [0.29, 0.717) is 5.06 Å². The Kier molecular flexibility index (Phi) is 3.19. The lowest BCUT2D eigenvalue weighted by Crippen LogP contribution is -2.37. The number of carboxylic acids is 1. The molecule has 0 radical (unpaired) electrons. The van der Waals surface area contributed by atoms with Gasteiger partial charge < -0.3 is 5.11 Å². The third-order valence-electron chi connectivity index (χ3n) is 1.88. The summed E-state index contributed by atoms with van der Waals surface area (Å²) in [6, 6.07) is 0. The van der Waals surface area contributed by atoms with Crippen LogP contribution in [0.1, 0.15) is 26.2 Å². The summed E-state index contributed by atoms with van der Waals surface area (Å²) in [7, 11) is 0. The van der Waals surface area contributed by atoms with Crippen molar-refractivity contribution in [1.82, 2.24) is 5.06 Å². The monoisotopic (exact) mass is 201 g/mol. The van der Waals surface area contributed by atoms with Gasteiger partial charge in [-0.25, -0.2) is 9.63 Å². The van der Waals surface area contributed by atoms with E-state index in [4.69, 9.17) is 9.94 Å². The number of nitrogens with zero attached hydrogens (tertiary/aromatic N) is 1. The highest BCUT2D eigenvalue weighted by Crippen LogP contribution is 2.14. The van der Waals surface area contributed by atoms with Gasteiger partial charge in [0.25, 0.3) is 11.8 Å². The van der Waals surface area contributed by atoms with Crippen molar-refractivity contribution in [3.8, 4) is 0 Å². The quantitative estimate of drug-likeness (QED) is 0.643. The molecule has 0 spiro atoms. The van der Waals surface area contributed by atoms with Gasteiger partial charge in [-0.05, 0) is 6.42 Å². The van der Waals surface area contributed by atoms with Gasteiger partial charge in [-0.3, -0.25) is 9.59 Å². The number of hydrogen-bond acceptors (Lipinski definition) is 4. The Labute approximate surface area is 80.4 Å². The second-order valence-corrected chi connectivity index (χ2v) is 2.92. The summed E-state index contributed by atoms with van der Waals surface area (Å²) in [5.41, 5.74) is 0. The average Bonchev–Trinajstić information content (AvgIpc) is 2.43. The molecule has 6 nitrogen and oxygen atoms in total. The van der Waals surface area contributed by atoms with Crippen LogP contribution in [-0.2, 0) is 19.2 Å². The standard InChI is InChI=1S/C8H11NO5/c1-2-5(8(12)13)14-9-6(10)3-4-7(9)11/h5H,2-4H2,1H3,(H,12,13). The minimum atomic E-state index is -1.18. The molecule has 1 aliphatic rings. The molecule has 1 atom stereocenters. The second-order valence-electron chi connectivity index (χ2n) is 2.92. The fourth-order valence-electron chi connectivity index (χ4n) is 1.10. The van der Waals surface area contributed by atoms with E-state index in [1.54, 1.807) is 6.92 Å². The second kappa shape index (κ2) is 4.19. The van der Waals surface area contributed by atoms with Crippen LogP contribution in [0.2, 0.25) is 0 Å². The maximum Gasteiger partial charge on any atom is 0.335 e. The van der Waals surface area contributed by atoms with Crippen molar-refractivity contribution in [2.24, 2.45) is 0 Å². The van der Waals surface area contributed by atoms with Crippen LogP contribution in [0.4, 0.5) is 0 Å². The third-order valence-corrected chi connectivity index (χ3v) is 1.88. The van der Waals surface area contributed by atoms with E-state index in [1.165, 1.54) is 0 Å². The summed E-state index contributed by atoms with van der Waals surface area (Å²) >= 11 is 0. The molecule has 1 saturated heterocycles. The fourth-order valence-corrected chi connectivity index (χ4v) is 1.10. The number of rotatable bonds is 4. The Hall–Kier alpha value is -1.43. The highest BCUT2D eigenvalue weighted by molar-refractivity contribution is 6.00. The van der Waals surface area contributed by atoms with E-state index in [0.717, 1.165) is 0 Å². The van der Waals surface area contributed by atoms with Crippen LogP contribution in [0.25, 0.3) is 0 Å². The number of carbonyl (C=O) groups excluding carboxylic acids is 2. The Bertz CT molecular complexity index is 259. The summed E-state index contributed by atoms with van der Waals surface area (Å²) in [6.07, 6.45) is -0.753. The molecule has 14 heavy (non-hydrogen) atoms. The molecule has 0 saturated carbocycles. The van der Waals surface area contributed by atoms with Gasteiger partial charge >= 0.3 is 5.97 Å². The van der Waals surface area contributed by atoms with Crippen LogP contribution in [0.15, 0.2) is 0 Å². The predicted molar refractivity (Wildman–Crippen MR) is 43.9 cm³/mol. The Morgan fingerprint density at radius 3 is 2.36 bits per heavy atom. The number of aliphatic carboxylic acids is 1. The van der Waals surface area contributed by atoms with E-state index < -0.39 is 23.9 Å². The molecule has 1 unspecified atom stereocenters. The number of hydrogen-bond donors (Lipinski definition) is 1. The van der Waals surface area contributed by atoms with E-state index in [-0.39, 0.29) is 19.3 Å². The number of imide groups is 1. The molecule has 1 rings (SSSR count). The van der Waals surface area contributed by atoms with Gasteiger partial charge in [-0.1, -0.05) is 6.92 Å². The molecule has 1 fully saturated rings. The Morgan fingerprint density at radius 1 is 1.50 bits per heavy atom. The van der Waals surface area contributed by atoms with Crippen molar-refractivity contribution < 1.29 is 24.3 Å². The van der Waals surface area contributed by atoms with E-state index in [1.807, 2.05) is 0 Å². The average molecular weight is 201 g/mol. The molecule has 0 aliphatic carbocycles. The molecule has 1 aliphatic heterocycles. The van der Waals surface area contributed by atoms with Crippen molar-refractivity contribution >= 4 is 17.8 Å². The van der Waals surface area contributed by atoms with E-state index >= 15 is 0 Å². The first-order valence-corrected chi connectivity index (χ1v) is 4.31. The van der Waals surface area contributed by atoms with Crippen LogP contribution in [0.5, 0.6) is 0 Å². The highest BCUT2D eigenvalue weighted by atomic mass is 16.7. The SMILES string of the molecule is CCC(ON1C(=O)CCC1=O)C(=O)O. The summed E-state index contributed by atoms with van der Waals surface area (Å²) in [4.78, 5) is 37.4. The van der Waals surface area contributed by atoms with Gasteiger partial charge in [0.1, 0.15) is 0 Å². The lowest BCUT2D eigenvalue weighted by Gasteiger charge is -2.17. The molecular weight excluding hydrogens is 190 g/mol. The minimum Gasteiger partial charge on any atom is -0.479 e. The van der Waals surface area contributed by atoms with Crippen molar-refractivity contribution in [3.05, 3.63) is 0 Å². The van der Waals surface area contributed by atoms with Gasteiger partial charge in [0, 0.05) is 12.8 Å². The zero-order valence-corrected chi connectivity index (χ0v) is 7.73. The fraction of sp³-hybridized carbons (Fsp3) is 0.625. The Morgan fingerprint density at radius 2 is 2.00 bits per heavy atom. The number of hydroxylamine groups is 2. The van der Waals surface area contributed by atoms with Crippen molar-refractivity contribution in [3.63, 3.8) is 0 Å². The van der Waals surface area contributed by atoms with Gasteiger partial charge in [0.2, 0.25) is 0 Å². The van der Waals surface area contributed by atoms with Gasteiger partial charge in [0.05, 0.1) is 0 Å². The summed E-state index contributed by atoms with van der Waals surface area (Å²) < 4.78 is 0. The molecule has 0 bridgehead atoms. The van der Waals surface area contributed by atoms with Gasteiger partial charge in [-0.2, -0.15) is 5.06 Å². The highest BCUT2D eigenvalue weighted by Gasteiger charge is 2.33. The largest absolute Gasteiger partial charge is 0.479 e. The van der Waals surface area contributed by atoms with Crippen molar-refractivity contribution in [2.45, 2.75) is 32.3 Å². The lowest BCUT2D eigenvalue weighted by molar-refractivity contribution is -0.208. The van der Waals surface area contributed by atoms with Crippen LogP contribution >= 0.6 is 0 Å². The summed E-state index contributed by atoms with van der Waals surface area (Å²) in [5.74, 6) is -2.13. The molecule has 1 N–H and O–H groups in total. The van der Waals surface area contributed by atoms with Crippen LogP contribution in [-0.4, -0.2) is 34.1 Å². The molecule has 0 aromatic rings. The topological polar surface area (TPSA) is 83.9 Å². The summed E-state index contributed by atoms with van der Waals surface area (Å²) in [5, 5.41) is 9.19. The van der Waals surface area contributed by atoms with E-state index in [2.05, 4.69) is 0 Å². The van der Waals surface area contributed by atoms with Crippen LogP contribution in [0.3, 0.4) is 0 Å². The van der Waals surface area contributed by atoms with Crippen LogP contribution < -0.4 is 0 Å². The zero-order chi connectivity index (χ0) is 10.7. The number of amides is 2. The van der Waals surface area contributed by atoms with Gasteiger partial charge in [-0.15, -0.1) is 0 Å². The smallest absolute Gasteiger partial charge is 0.335 e. The zero-order valence-electron chi connectivity index (χ0n) is 7.73. The van der Waals surface area contributed by atoms with Gasteiger partial charge in [0.15, 0.2) is 6.10 Å². The molecular formula is C8H11NO5. The van der Waals surface area contributed by atoms with Crippen LogP contribution in [0, 0.1) is 0 Å². The van der Waals surface area contributed by atoms with Crippen molar-refractivity contribution in [1.29, 1.82) is 0 Å². The molecule has 6 heteroatoms.